The molecule has 3 aliphatic heterocycles. The highest BCUT2D eigenvalue weighted by atomic mass is 32.2. The summed E-state index contributed by atoms with van der Waals surface area (Å²) in [4.78, 5) is 26.6. The first-order valence-electron chi connectivity index (χ1n) is 15.6. The smallest absolute Gasteiger partial charge is 0.336 e. The molecule has 0 atom stereocenters. The number of carbonyl (C=O) groups is 2. The summed E-state index contributed by atoms with van der Waals surface area (Å²) >= 11 is 0. The van der Waals surface area contributed by atoms with Crippen LogP contribution < -0.4 is 24.8 Å². The van der Waals surface area contributed by atoms with Gasteiger partial charge in [0.15, 0.2) is 0 Å². The van der Waals surface area contributed by atoms with E-state index in [4.69, 9.17) is 4.74 Å². The zero-order valence-electron chi connectivity index (χ0n) is 25.8. The normalized spacial score (nSPS) is 15.6. The lowest BCUT2D eigenvalue weighted by molar-refractivity contribution is 0.0681. The number of aryl methyl sites for hydroxylation is 2. The summed E-state index contributed by atoms with van der Waals surface area (Å²) < 4.78 is 76.0. The minimum Gasteiger partial charge on any atom is -0.748 e. The van der Waals surface area contributed by atoms with E-state index in [0.29, 0.717) is 66.9 Å². The van der Waals surface area contributed by atoms with Gasteiger partial charge in [-0.05, 0) is 67.1 Å². The van der Waals surface area contributed by atoms with Gasteiger partial charge < -0.3 is 29.0 Å². The van der Waals surface area contributed by atoms with Crippen molar-refractivity contribution in [2.75, 3.05) is 42.6 Å². The molecule has 0 amide bonds. The van der Waals surface area contributed by atoms with Crippen LogP contribution in [0, 0.1) is 0 Å². The van der Waals surface area contributed by atoms with E-state index in [2.05, 4.69) is 0 Å². The molecule has 0 unspecified atom stereocenters. The Morgan fingerprint density at radius 2 is 1.56 bits per heavy atom. The first kappa shape index (κ1) is 33.6. The van der Waals surface area contributed by atoms with Crippen molar-refractivity contribution >= 4 is 43.4 Å². The van der Waals surface area contributed by atoms with Gasteiger partial charge in [-0.2, -0.15) is 0 Å². The van der Waals surface area contributed by atoms with Crippen molar-refractivity contribution in [3.63, 3.8) is 0 Å². The number of hydrogen-bond acceptors (Lipinski definition) is 10. The van der Waals surface area contributed by atoms with E-state index < -0.39 is 43.7 Å². The Labute approximate surface area is 276 Å². The molecule has 0 saturated heterocycles. The zero-order valence-corrected chi connectivity index (χ0v) is 27.4. The first-order chi connectivity index (χ1) is 22.7. The predicted octanol–water partition coefficient (Wildman–Crippen LogP) is 1.50. The topological polar surface area (TPSA) is 204 Å². The summed E-state index contributed by atoms with van der Waals surface area (Å²) in [7, 11) is -8.76. The van der Waals surface area contributed by atoms with E-state index in [9.17, 15) is 45.7 Å². The molecule has 0 aromatic heterocycles. The van der Waals surface area contributed by atoms with Gasteiger partial charge in [-0.25, -0.2) is 31.0 Å². The lowest BCUT2D eigenvalue weighted by Crippen LogP contribution is -2.40. The van der Waals surface area contributed by atoms with E-state index in [-0.39, 0.29) is 29.5 Å². The van der Waals surface area contributed by atoms with E-state index in [1.807, 2.05) is 33.7 Å². The molecule has 3 aromatic rings. The van der Waals surface area contributed by atoms with Crippen molar-refractivity contribution in [1.82, 2.24) is 4.58 Å². The standard InChI is InChI=1S/C33H34N2O11S2/c36-32(37)22-7-8-23(33(38)39)24(17-22)31-25-15-20-5-1-9-34(11-3-13-47(40,41)42)27(20)18-29(25)46-30-19-28-21(16-26(30)31)6-2-10-35(28)12-4-14-48(43,44)45/h7-8,15-19H,1-6,9-14H2,(H3-,36,37,38,39,40,41,42,43,44,45)/p-1. The number of carboxylic acid groups (broad SMARTS) is 2. The fourth-order valence-corrected chi connectivity index (χ4v) is 7.86. The second kappa shape index (κ2) is 13.0. The largest absolute Gasteiger partial charge is 0.748 e. The fraction of sp³-hybridized carbons (Fsp3) is 0.364. The molecule has 3 aromatic carbocycles. The number of hydrogen-bond donors (Lipinski definition) is 2. The van der Waals surface area contributed by atoms with Crippen molar-refractivity contribution in [2.45, 2.75) is 38.5 Å². The van der Waals surface area contributed by atoms with Crippen LogP contribution in [-0.2, 0) is 33.1 Å². The van der Waals surface area contributed by atoms with Gasteiger partial charge in [-0.3, -0.25) is 0 Å². The Morgan fingerprint density at radius 1 is 0.833 bits per heavy atom. The maximum atomic E-state index is 12.5. The Morgan fingerprint density at radius 3 is 2.27 bits per heavy atom. The quantitative estimate of drug-likeness (QED) is 0.169. The van der Waals surface area contributed by atoms with Crippen molar-refractivity contribution in [2.24, 2.45) is 0 Å². The Bertz CT molecular complexity index is 2200. The van der Waals surface area contributed by atoms with Gasteiger partial charge in [-0.15, -0.1) is 0 Å². The molecule has 0 fully saturated rings. The third-order valence-corrected chi connectivity index (χ3v) is 10.5. The van der Waals surface area contributed by atoms with Gasteiger partial charge in [0.1, 0.15) is 24.6 Å². The molecule has 3 heterocycles. The SMILES string of the molecule is O=C(O)c1ccc(C(=O)O)c(C2=c3cc4c(cc3Oc3cc5c(cc32)CCCN5CCCS(=O)(=O)[O-])=[N+](CCCS(=O)(=O)[O-])CCC4)c1. The minimum absolute atomic E-state index is 0.0907. The summed E-state index contributed by atoms with van der Waals surface area (Å²) in [5.74, 6) is -2.67. The maximum absolute atomic E-state index is 12.5. The van der Waals surface area contributed by atoms with Crippen molar-refractivity contribution in [3.05, 3.63) is 86.4 Å². The first-order valence-corrected chi connectivity index (χ1v) is 18.7. The van der Waals surface area contributed by atoms with Crippen molar-refractivity contribution < 1.29 is 50.5 Å². The molecule has 48 heavy (non-hydrogen) atoms. The molecule has 254 valence electrons. The summed E-state index contributed by atoms with van der Waals surface area (Å²) in [6.45, 7) is 1.91. The molecule has 6 rings (SSSR count). The van der Waals surface area contributed by atoms with E-state index in [1.165, 1.54) is 18.2 Å². The van der Waals surface area contributed by atoms with Crippen LogP contribution in [0.25, 0.3) is 5.57 Å². The second-order valence-electron chi connectivity index (χ2n) is 12.2. The molecule has 13 nitrogen and oxygen atoms in total. The molecule has 0 radical (unpaired) electrons. The van der Waals surface area contributed by atoms with Crippen molar-refractivity contribution in [3.8, 4) is 11.5 Å². The fourth-order valence-electron chi connectivity index (χ4n) is 6.89. The third kappa shape index (κ3) is 7.09. The summed E-state index contributed by atoms with van der Waals surface area (Å²) in [5, 5.41) is 21.4. The van der Waals surface area contributed by atoms with E-state index in [0.717, 1.165) is 35.0 Å². The second-order valence-corrected chi connectivity index (χ2v) is 15.3. The highest BCUT2D eigenvalue weighted by Crippen LogP contribution is 2.43. The Balaban J connectivity index is 1.58. The molecule has 0 bridgehead atoms. The number of nitrogens with zero attached hydrogens (tertiary/aromatic N) is 2. The molecule has 3 aliphatic rings. The molecule has 0 spiro atoms. The van der Waals surface area contributed by atoms with Gasteiger partial charge >= 0.3 is 11.9 Å². The summed E-state index contributed by atoms with van der Waals surface area (Å²) in [5.41, 5.74) is 3.70. The summed E-state index contributed by atoms with van der Waals surface area (Å²) in [6, 6.07) is 11.3. The van der Waals surface area contributed by atoms with Crippen molar-refractivity contribution in [1.29, 1.82) is 0 Å². The average Bonchev–Trinajstić information content (AvgIpc) is 3.00. The highest BCUT2D eigenvalue weighted by molar-refractivity contribution is 7.85. The van der Waals surface area contributed by atoms with Gasteiger partial charge in [-0.1, -0.05) is 0 Å². The number of benzene rings is 3. The molecule has 15 heteroatoms. The van der Waals surface area contributed by atoms with Gasteiger partial charge in [0.25, 0.3) is 0 Å². The monoisotopic (exact) mass is 697 g/mol. The Kier molecular flexibility index (Phi) is 9.06. The molecule has 0 saturated carbocycles. The predicted molar refractivity (Wildman–Crippen MR) is 172 cm³/mol. The number of fused-ring (bicyclic) bond motifs is 4. The van der Waals surface area contributed by atoms with Gasteiger partial charge in [0, 0.05) is 71.1 Å². The lowest BCUT2D eigenvalue weighted by atomic mass is 9.85. The minimum atomic E-state index is -4.38. The third-order valence-electron chi connectivity index (χ3n) is 8.96. The molecular weight excluding hydrogens is 665 g/mol. The van der Waals surface area contributed by atoms with Crippen LogP contribution in [0.2, 0.25) is 0 Å². The van der Waals surface area contributed by atoms with Crippen LogP contribution in [0.1, 0.15) is 68.7 Å². The number of rotatable bonds is 11. The average molecular weight is 698 g/mol. The summed E-state index contributed by atoms with van der Waals surface area (Å²) in [6.07, 6.45) is 3.16. The van der Waals surface area contributed by atoms with Crippen LogP contribution in [0.15, 0.2) is 42.5 Å². The van der Waals surface area contributed by atoms with Crippen LogP contribution in [0.5, 0.6) is 11.5 Å². The van der Waals surface area contributed by atoms with Crippen LogP contribution in [0.4, 0.5) is 5.69 Å². The van der Waals surface area contributed by atoms with Gasteiger partial charge in [0.05, 0.1) is 37.4 Å². The van der Waals surface area contributed by atoms with E-state index in [1.54, 1.807) is 0 Å². The van der Waals surface area contributed by atoms with Crippen LogP contribution in [0.3, 0.4) is 0 Å². The number of carboxylic acids is 2. The van der Waals surface area contributed by atoms with Crippen LogP contribution in [-0.4, -0.2) is 85.8 Å². The lowest BCUT2D eigenvalue weighted by Gasteiger charge is -2.33. The van der Waals surface area contributed by atoms with Gasteiger partial charge in [0.2, 0.25) is 5.36 Å². The molecule has 2 N–H and O–H groups in total. The zero-order chi connectivity index (χ0) is 34.4. The Hall–Kier alpha value is -4.31. The molecule has 0 aliphatic carbocycles. The number of anilines is 1. The number of aromatic carboxylic acids is 2. The highest BCUT2D eigenvalue weighted by Gasteiger charge is 2.30. The number of ether oxygens (including phenoxy) is 1. The van der Waals surface area contributed by atoms with Crippen LogP contribution >= 0.6 is 0 Å². The maximum Gasteiger partial charge on any atom is 0.336 e. The van der Waals surface area contributed by atoms with E-state index >= 15 is 0 Å². The molecular formula is C33H33N2O11S2-.